The zero-order valence-electron chi connectivity index (χ0n) is 18.7. The fourth-order valence-electron chi connectivity index (χ4n) is 4.64. The lowest BCUT2D eigenvalue weighted by Gasteiger charge is -2.30. The molecule has 0 bridgehead atoms. The molecule has 0 spiro atoms. The maximum absolute atomic E-state index is 12.7. The molecule has 3 aromatic rings. The van der Waals surface area contributed by atoms with E-state index in [1.54, 1.807) is 6.20 Å². The minimum atomic E-state index is -3.14. The molecule has 0 radical (unpaired) electrons. The number of pyridine rings is 1. The Labute approximate surface area is 193 Å². The van der Waals surface area contributed by atoms with Crippen LogP contribution in [-0.4, -0.2) is 71.6 Å². The molecule has 2 aliphatic heterocycles. The van der Waals surface area contributed by atoms with Gasteiger partial charge in [-0.3, -0.25) is 4.79 Å². The van der Waals surface area contributed by atoms with Gasteiger partial charge in [0.15, 0.2) is 0 Å². The van der Waals surface area contributed by atoms with Gasteiger partial charge in [-0.1, -0.05) is 0 Å². The van der Waals surface area contributed by atoms with E-state index in [4.69, 9.17) is 4.74 Å². The number of hydrogen-bond donors (Lipinski definition) is 0. The Kier molecular flexibility index (Phi) is 5.84. The third kappa shape index (κ3) is 4.60. The van der Waals surface area contributed by atoms with Gasteiger partial charge in [-0.2, -0.15) is 0 Å². The summed E-state index contributed by atoms with van der Waals surface area (Å²) in [6.45, 7) is 2.64. The minimum Gasteiger partial charge on any atom is -0.489 e. The highest BCUT2D eigenvalue weighted by Crippen LogP contribution is 2.25. The lowest BCUT2D eigenvalue weighted by molar-refractivity contribution is 0.0793. The Morgan fingerprint density at radius 3 is 2.45 bits per heavy atom. The van der Waals surface area contributed by atoms with E-state index in [1.165, 1.54) is 10.6 Å². The van der Waals surface area contributed by atoms with Crippen LogP contribution in [0.5, 0.6) is 5.75 Å². The van der Waals surface area contributed by atoms with Gasteiger partial charge in [0.05, 0.1) is 18.0 Å². The molecule has 4 heterocycles. The van der Waals surface area contributed by atoms with Gasteiger partial charge < -0.3 is 14.2 Å². The number of likely N-dealkylation sites (tertiary alicyclic amines) is 1. The number of ether oxygens (including phenoxy) is 1. The molecule has 9 heteroatoms. The quantitative estimate of drug-likeness (QED) is 0.575. The summed E-state index contributed by atoms with van der Waals surface area (Å²) in [6, 6.07) is 11.6. The predicted octanol–water partition coefficient (Wildman–Crippen LogP) is 3.06. The first kappa shape index (κ1) is 21.9. The van der Waals surface area contributed by atoms with Crippen molar-refractivity contribution in [3.05, 3.63) is 54.4 Å². The fraction of sp³-hybridized carbons (Fsp3) is 0.417. The van der Waals surface area contributed by atoms with Crippen molar-refractivity contribution < 1.29 is 17.9 Å². The summed E-state index contributed by atoms with van der Waals surface area (Å²) in [5.41, 5.74) is 1.71. The highest BCUT2D eigenvalue weighted by Gasteiger charge is 2.26. The molecule has 174 valence electrons. The summed E-state index contributed by atoms with van der Waals surface area (Å²) in [4.78, 5) is 19.2. The second kappa shape index (κ2) is 8.79. The fourth-order valence-corrected chi connectivity index (χ4v) is 5.51. The summed E-state index contributed by atoms with van der Waals surface area (Å²) in [5.74, 6) is 1.54. The van der Waals surface area contributed by atoms with E-state index in [0.29, 0.717) is 31.7 Å². The van der Waals surface area contributed by atoms with Gasteiger partial charge in [0.2, 0.25) is 10.0 Å². The van der Waals surface area contributed by atoms with Crippen LogP contribution in [0.2, 0.25) is 0 Å². The van der Waals surface area contributed by atoms with Crippen LogP contribution >= 0.6 is 0 Å². The molecule has 0 saturated carbocycles. The average molecular weight is 469 g/mol. The van der Waals surface area contributed by atoms with Crippen LogP contribution in [0.1, 0.15) is 36.0 Å². The summed E-state index contributed by atoms with van der Waals surface area (Å²) in [6.07, 6.45) is 8.37. The number of sulfonamides is 1. The highest BCUT2D eigenvalue weighted by molar-refractivity contribution is 7.88. The van der Waals surface area contributed by atoms with Gasteiger partial charge >= 0.3 is 0 Å². The Morgan fingerprint density at radius 2 is 1.79 bits per heavy atom. The van der Waals surface area contributed by atoms with Gasteiger partial charge in [0.1, 0.15) is 17.7 Å². The normalized spacial score (nSPS) is 18.2. The largest absolute Gasteiger partial charge is 0.489 e. The average Bonchev–Trinajstić information content (AvgIpc) is 3.49. The minimum absolute atomic E-state index is 0.0189. The molecular weight excluding hydrogens is 440 g/mol. The molecule has 2 saturated heterocycles. The SMILES string of the molecule is CS(=O)(=O)N1CCC(Oc2ccc(-n3ccc4cc(C(=O)N5CCCC5)ccc43)nc2)CC1. The molecule has 0 aliphatic carbocycles. The van der Waals surface area contributed by atoms with Gasteiger partial charge in [-0.25, -0.2) is 17.7 Å². The zero-order valence-corrected chi connectivity index (χ0v) is 19.5. The number of carbonyl (C=O) groups is 1. The van der Waals surface area contributed by atoms with E-state index in [-0.39, 0.29) is 12.0 Å². The second-order valence-electron chi connectivity index (χ2n) is 8.79. The van der Waals surface area contributed by atoms with Crippen molar-refractivity contribution in [1.82, 2.24) is 18.8 Å². The highest BCUT2D eigenvalue weighted by atomic mass is 32.2. The summed E-state index contributed by atoms with van der Waals surface area (Å²) < 4.78 is 32.8. The van der Waals surface area contributed by atoms with Crippen LogP contribution in [0.15, 0.2) is 48.8 Å². The van der Waals surface area contributed by atoms with Crippen LogP contribution in [0.4, 0.5) is 0 Å². The number of nitrogens with zero attached hydrogens (tertiary/aromatic N) is 4. The first-order valence-electron chi connectivity index (χ1n) is 11.4. The van der Waals surface area contributed by atoms with Crippen LogP contribution in [-0.2, 0) is 10.0 Å². The summed E-state index contributed by atoms with van der Waals surface area (Å²) >= 11 is 0. The van der Waals surface area contributed by atoms with E-state index < -0.39 is 10.0 Å². The van der Waals surface area contributed by atoms with Gasteiger partial charge in [0, 0.05) is 43.3 Å². The maximum Gasteiger partial charge on any atom is 0.253 e. The molecule has 0 atom stereocenters. The Morgan fingerprint density at radius 1 is 1.03 bits per heavy atom. The van der Waals surface area contributed by atoms with Crippen molar-refractivity contribution in [2.24, 2.45) is 0 Å². The lowest BCUT2D eigenvalue weighted by atomic mass is 10.1. The van der Waals surface area contributed by atoms with E-state index in [2.05, 4.69) is 4.98 Å². The maximum atomic E-state index is 12.7. The predicted molar refractivity (Wildman–Crippen MR) is 126 cm³/mol. The van der Waals surface area contributed by atoms with Gasteiger partial charge in [-0.05, 0) is 62.1 Å². The first-order valence-corrected chi connectivity index (χ1v) is 13.2. The molecule has 2 aromatic heterocycles. The second-order valence-corrected chi connectivity index (χ2v) is 10.8. The molecule has 1 amide bonds. The first-order chi connectivity index (χ1) is 15.9. The van der Waals surface area contributed by atoms with Crippen molar-refractivity contribution in [2.75, 3.05) is 32.4 Å². The molecule has 0 unspecified atom stereocenters. The van der Waals surface area contributed by atoms with Gasteiger partial charge in [0.25, 0.3) is 5.91 Å². The Bertz CT molecular complexity index is 1260. The van der Waals surface area contributed by atoms with E-state index in [1.807, 2.05) is 52.1 Å². The number of piperidine rings is 1. The van der Waals surface area contributed by atoms with Crippen molar-refractivity contribution in [1.29, 1.82) is 0 Å². The van der Waals surface area contributed by atoms with Crippen molar-refractivity contribution in [3.63, 3.8) is 0 Å². The molecular formula is C24H28N4O4S. The monoisotopic (exact) mass is 468 g/mol. The number of hydrogen-bond acceptors (Lipinski definition) is 5. The molecule has 8 nitrogen and oxygen atoms in total. The summed E-state index contributed by atoms with van der Waals surface area (Å²) in [5, 5.41) is 1.000. The topological polar surface area (TPSA) is 84.7 Å². The number of fused-ring (bicyclic) bond motifs is 1. The number of aromatic nitrogens is 2. The molecule has 0 N–H and O–H groups in total. The number of benzene rings is 1. The number of carbonyl (C=O) groups excluding carboxylic acids is 1. The zero-order chi connectivity index (χ0) is 23.0. The van der Waals surface area contributed by atoms with E-state index in [9.17, 15) is 13.2 Å². The van der Waals surface area contributed by atoms with Gasteiger partial charge in [-0.15, -0.1) is 0 Å². The molecule has 2 aliphatic rings. The molecule has 5 rings (SSSR count). The summed E-state index contributed by atoms with van der Waals surface area (Å²) in [7, 11) is -3.14. The number of amides is 1. The van der Waals surface area contributed by atoms with Crippen molar-refractivity contribution >= 4 is 26.8 Å². The van der Waals surface area contributed by atoms with Crippen molar-refractivity contribution in [3.8, 4) is 11.6 Å². The third-order valence-electron chi connectivity index (χ3n) is 6.47. The van der Waals surface area contributed by atoms with Crippen LogP contribution in [0.3, 0.4) is 0 Å². The van der Waals surface area contributed by atoms with E-state index >= 15 is 0 Å². The standard InChI is InChI=1S/C24H28N4O4S/c1-33(30,31)27-13-9-20(10-14-27)32-21-5-7-23(25-17-21)28-15-8-18-16-19(4-6-22(18)28)24(29)26-11-2-3-12-26/h4-8,15-17,20H,2-3,9-14H2,1H3. The molecule has 1 aromatic carbocycles. The third-order valence-corrected chi connectivity index (χ3v) is 7.77. The molecule has 33 heavy (non-hydrogen) atoms. The lowest BCUT2D eigenvalue weighted by Crippen LogP contribution is -2.41. The smallest absolute Gasteiger partial charge is 0.253 e. The van der Waals surface area contributed by atoms with Crippen molar-refractivity contribution in [2.45, 2.75) is 31.8 Å². The Balaban J connectivity index is 1.27. The van der Waals surface area contributed by atoms with Crippen LogP contribution in [0.25, 0.3) is 16.7 Å². The molecule has 2 fully saturated rings. The van der Waals surface area contributed by atoms with Crippen LogP contribution in [0, 0.1) is 0 Å². The van der Waals surface area contributed by atoms with Crippen LogP contribution < -0.4 is 4.74 Å². The van der Waals surface area contributed by atoms with E-state index in [0.717, 1.165) is 48.2 Å². The Hall–Kier alpha value is -2.91. The number of rotatable bonds is 5.